The van der Waals surface area contributed by atoms with E-state index in [9.17, 15) is 9.90 Å². The Morgan fingerprint density at radius 3 is 2.33 bits per heavy atom. The highest BCUT2D eigenvalue weighted by Gasteiger charge is 2.50. The minimum Gasteiger partial charge on any atom is -0.497 e. The van der Waals surface area contributed by atoms with E-state index in [2.05, 4.69) is 6.58 Å². The molecule has 36 heavy (non-hydrogen) atoms. The number of carbonyl (C=O) groups is 1. The summed E-state index contributed by atoms with van der Waals surface area (Å²) in [4.78, 5) is 12.8. The average Bonchev–Trinajstić information content (AvgIpc) is 2.86. The van der Waals surface area contributed by atoms with E-state index in [1.54, 1.807) is 58.2 Å². The summed E-state index contributed by atoms with van der Waals surface area (Å²) in [5.74, 6) is 0.662. The molecule has 0 unspecified atom stereocenters. The Kier molecular flexibility index (Phi) is 9.89. The van der Waals surface area contributed by atoms with Crippen LogP contribution in [-0.2, 0) is 30.3 Å². The van der Waals surface area contributed by atoms with Gasteiger partial charge < -0.3 is 33.5 Å². The molecule has 0 spiro atoms. The van der Waals surface area contributed by atoms with Crippen LogP contribution in [0.1, 0.15) is 26.3 Å². The molecule has 3 rings (SSSR count). The number of carbonyl (C=O) groups excluding carboxylic acids is 1. The van der Waals surface area contributed by atoms with E-state index in [1.807, 2.05) is 30.3 Å². The van der Waals surface area contributed by atoms with Gasteiger partial charge in [-0.05, 0) is 50.6 Å². The lowest BCUT2D eigenvalue weighted by molar-refractivity contribution is -0.292. The van der Waals surface area contributed by atoms with E-state index in [0.29, 0.717) is 18.1 Å². The normalized spacial score (nSPS) is 24.1. The fourth-order valence-corrected chi connectivity index (χ4v) is 3.57. The van der Waals surface area contributed by atoms with Crippen molar-refractivity contribution in [2.45, 2.75) is 58.1 Å². The number of esters is 1. The number of methoxy groups -OCH3 is 1. The first-order chi connectivity index (χ1) is 17.2. The maximum Gasteiger partial charge on any atom is 0.311 e. The fraction of sp³-hybridized carbons (Fsp3) is 0.464. The second-order valence-electron chi connectivity index (χ2n) is 9.53. The molecule has 1 fully saturated rings. The van der Waals surface area contributed by atoms with Gasteiger partial charge in [0.05, 0.1) is 32.3 Å². The molecular formula is C28H36O8. The first-order valence-corrected chi connectivity index (χ1v) is 11.9. The van der Waals surface area contributed by atoms with Gasteiger partial charge in [-0.1, -0.05) is 36.4 Å². The monoisotopic (exact) mass is 500 g/mol. The Hall–Kier alpha value is -2.91. The van der Waals surface area contributed by atoms with Crippen LogP contribution in [-0.4, -0.2) is 62.1 Å². The molecule has 2 aromatic rings. The molecule has 1 aliphatic rings. The van der Waals surface area contributed by atoms with Crippen LogP contribution in [0.2, 0.25) is 0 Å². The lowest BCUT2D eigenvalue weighted by atomic mass is 9.95. The SMILES string of the molecule is C=CCO[C@H]1[C@@H](O)[C@@H](COCc2ccccc2)O[C@@H](Oc2ccc(OC)cc2)[C@@H]1OC(=O)C(C)(C)C. The summed E-state index contributed by atoms with van der Waals surface area (Å²) in [6.07, 6.45) is -3.42. The minimum absolute atomic E-state index is 0.0758. The van der Waals surface area contributed by atoms with Gasteiger partial charge in [-0.15, -0.1) is 6.58 Å². The molecule has 0 amide bonds. The lowest BCUT2D eigenvalue weighted by Gasteiger charge is -2.44. The van der Waals surface area contributed by atoms with Crippen LogP contribution in [0.25, 0.3) is 0 Å². The Morgan fingerprint density at radius 2 is 1.72 bits per heavy atom. The highest BCUT2D eigenvalue weighted by Crippen LogP contribution is 2.31. The van der Waals surface area contributed by atoms with E-state index >= 15 is 0 Å². The van der Waals surface area contributed by atoms with Gasteiger partial charge in [0, 0.05) is 0 Å². The predicted molar refractivity (Wildman–Crippen MR) is 134 cm³/mol. The zero-order valence-electron chi connectivity index (χ0n) is 21.3. The number of hydrogen-bond donors (Lipinski definition) is 1. The van der Waals surface area contributed by atoms with Crippen LogP contribution in [0.15, 0.2) is 67.3 Å². The highest BCUT2D eigenvalue weighted by atomic mass is 16.7. The van der Waals surface area contributed by atoms with Gasteiger partial charge in [-0.3, -0.25) is 4.79 Å². The molecule has 1 aliphatic heterocycles. The summed E-state index contributed by atoms with van der Waals surface area (Å²) in [6, 6.07) is 16.6. The largest absolute Gasteiger partial charge is 0.497 e. The van der Waals surface area contributed by atoms with Crippen molar-refractivity contribution < 1.29 is 38.3 Å². The highest BCUT2D eigenvalue weighted by molar-refractivity contribution is 5.75. The van der Waals surface area contributed by atoms with Crippen LogP contribution in [0.3, 0.4) is 0 Å². The van der Waals surface area contributed by atoms with Crippen molar-refractivity contribution in [2.75, 3.05) is 20.3 Å². The maximum absolute atomic E-state index is 12.8. The third-order valence-corrected chi connectivity index (χ3v) is 5.59. The summed E-state index contributed by atoms with van der Waals surface area (Å²) in [7, 11) is 1.57. The second-order valence-corrected chi connectivity index (χ2v) is 9.53. The summed E-state index contributed by atoms with van der Waals surface area (Å²) < 4.78 is 35.0. The van der Waals surface area contributed by atoms with Crippen LogP contribution in [0.4, 0.5) is 0 Å². The van der Waals surface area contributed by atoms with E-state index in [0.717, 1.165) is 5.56 Å². The van der Waals surface area contributed by atoms with Crippen molar-refractivity contribution in [3.05, 3.63) is 72.8 Å². The molecule has 0 aromatic heterocycles. The average molecular weight is 501 g/mol. The van der Waals surface area contributed by atoms with Gasteiger partial charge in [0.1, 0.15) is 29.8 Å². The van der Waals surface area contributed by atoms with Gasteiger partial charge in [0.2, 0.25) is 6.29 Å². The molecule has 8 heteroatoms. The number of aliphatic hydroxyl groups excluding tert-OH is 1. The molecule has 0 radical (unpaired) electrons. The molecule has 0 bridgehead atoms. The Bertz CT molecular complexity index is 954. The van der Waals surface area contributed by atoms with E-state index in [1.165, 1.54) is 0 Å². The van der Waals surface area contributed by atoms with Crippen LogP contribution in [0.5, 0.6) is 11.5 Å². The molecule has 0 saturated carbocycles. The lowest BCUT2D eigenvalue weighted by Crippen LogP contribution is -2.62. The van der Waals surface area contributed by atoms with Gasteiger partial charge in [0.25, 0.3) is 0 Å². The van der Waals surface area contributed by atoms with Crippen molar-refractivity contribution in [1.82, 2.24) is 0 Å². The van der Waals surface area contributed by atoms with Crippen LogP contribution >= 0.6 is 0 Å². The number of aliphatic hydroxyl groups is 1. The molecule has 0 aliphatic carbocycles. The fourth-order valence-electron chi connectivity index (χ4n) is 3.57. The third kappa shape index (κ3) is 7.54. The van der Waals surface area contributed by atoms with Gasteiger partial charge in [-0.2, -0.15) is 0 Å². The first kappa shape index (κ1) is 27.7. The van der Waals surface area contributed by atoms with Crippen molar-refractivity contribution in [3.63, 3.8) is 0 Å². The van der Waals surface area contributed by atoms with E-state index in [-0.39, 0.29) is 13.2 Å². The Labute approximate surface area is 212 Å². The van der Waals surface area contributed by atoms with Gasteiger partial charge in [0.15, 0.2) is 6.10 Å². The number of benzene rings is 2. The molecule has 2 aromatic carbocycles. The number of hydrogen-bond acceptors (Lipinski definition) is 8. The van der Waals surface area contributed by atoms with E-state index < -0.39 is 42.1 Å². The maximum atomic E-state index is 12.8. The predicted octanol–water partition coefficient (Wildman–Crippen LogP) is 3.91. The van der Waals surface area contributed by atoms with Crippen LogP contribution in [0, 0.1) is 5.41 Å². The molecule has 8 nitrogen and oxygen atoms in total. The van der Waals surface area contributed by atoms with Crippen LogP contribution < -0.4 is 9.47 Å². The molecular weight excluding hydrogens is 464 g/mol. The summed E-state index contributed by atoms with van der Waals surface area (Å²) in [5.41, 5.74) is 0.208. The molecule has 1 heterocycles. The first-order valence-electron chi connectivity index (χ1n) is 11.9. The molecule has 5 atom stereocenters. The van der Waals surface area contributed by atoms with Crippen molar-refractivity contribution in [3.8, 4) is 11.5 Å². The summed E-state index contributed by atoms with van der Waals surface area (Å²) >= 11 is 0. The standard InChI is InChI=1S/C28H36O8/c1-6-16-33-24-23(29)22(18-32-17-19-10-8-7-9-11-19)35-26(25(24)36-27(30)28(2,3)4)34-21-14-12-20(31-5)13-15-21/h6-15,22-26,29H,1,16-18H2,2-5H3/t22-,23+,24+,25-,26-/m1/s1. The Morgan fingerprint density at radius 1 is 1.06 bits per heavy atom. The zero-order chi connectivity index (χ0) is 26.1. The number of ether oxygens (including phenoxy) is 6. The van der Waals surface area contributed by atoms with Gasteiger partial charge in [-0.25, -0.2) is 0 Å². The topological polar surface area (TPSA) is 92.7 Å². The zero-order valence-corrected chi connectivity index (χ0v) is 21.3. The Balaban J connectivity index is 1.83. The third-order valence-electron chi connectivity index (χ3n) is 5.59. The van der Waals surface area contributed by atoms with E-state index in [4.69, 9.17) is 28.4 Å². The number of rotatable bonds is 11. The van der Waals surface area contributed by atoms with Crippen molar-refractivity contribution in [2.24, 2.45) is 5.41 Å². The summed E-state index contributed by atoms with van der Waals surface area (Å²) in [6.45, 7) is 9.48. The van der Waals surface area contributed by atoms with Crippen molar-refractivity contribution in [1.29, 1.82) is 0 Å². The molecule has 1 saturated heterocycles. The quantitative estimate of drug-likeness (QED) is 0.367. The molecule has 196 valence electrons. The second kappa shape index (κ2) is 12.9. The molecule has 1 N–H and O–H groups in total. The smallest absolute Gasteiger partial charge is 0.311 e. The summed E-state index contributed by atoms with van der Waals surface area (Å²) in [5, 5.41) is 11.2. The minimum atomic E-state index is -1.14. The van der Waals surface area contributed by atoms with Gasteiger partial charge >= 0.3 is 5.97 Å². The van der Waals surface area contributed by atoms with Crippen molar-refractivity contribution >= 4 is 5.97 Å².